The zero-order chi connectivity index (χ0) is 23.1. The van der Waals surface area contributed by atoms with Crippen molar-refractivity contribution in [2.24, 2.45) is 5.41 Å². The van der Waals surface area contributed by atoms with Gasteiger partial charge in [-0.05, 0) is 56.2 Å². The van der Waals surface area contributed by atoms with E-state index in [4.69, 9.17) is 16.3 Å². The van der Waals surface area contributed by atoms with Gasteiger partial charge < -0.3 is 14.5 Å². The molecule has 2 heterocycles. The zero-order valence-corrected chi connectivity index (χ0v) is 20.8. The van der Waals surface area contributed by atoms with Crippen molar-refractivity contribution in [3.8, 4) is 0 Å². The Balaban J connectivity index is 1.82. The summed E-state index contributed by atoms with van der Waals surface area (Å²) in [5, 5.41) is 2.10. The Kier molecular flexibility index (Phi) is 8.74. The van der Waals surface area contributed by atoms with Crippen molar-refractivity contribution in [1.82, 2.24) is 9.80 Å². The molecular weight excluding hydrogens is 444 g/mol. The van der Waals surface area contributed by atoms with Crippen LogP contribution in [0.3, 0.4) is 0 Å². The van der Waals surface area contributed by atoms with Gasteiger partial charge >= 0.3 is 0 Å². The van der Waals surface area contributed by atoms with Gasteiger partial charge in [-0.25, -0.2) is 0 Å². The Morgan fingerprint density at radius 3 is 2.69 bits per heavy atom. The molecule has 1 aromatic carbocycles. The van der Waals surface area contributed by atoms with Gasteiger partial charge in [-0.15, -0.1) is 22.9 Å². The fraction of sp³-hybridized carbons (Fsp3) is 0.520. The molecule has 5 nitrogen and oxygen atoms in total. The molecule has 1 atom stereocenters. The second-order valence-corrected chi connectivity index (χ2v) is 10.0. The molecule has 0 radical (unpaired) electrons. The minimum atomic E-state index is -0.727. The first-order valence-electron chi connectivity index (χ1n) is 11.2. The molecule has 174 valence electrons. The number of nitrogens with zero attached hydrogens (tertiary/aromatic N) is 2. The van der Waals surface area contributed by atoms with Crippen molar-refractivity contribution >= 4 is 34.8 Å². The van der Waals surface area contributed by atoms with Crippen LogP contribution >= 0.6 is 22.9 Å². The van der Waals surface area contributed by atoms with E-state index in [1.54, 1.807) is 16.2 Å². The topological polar surface area (TPSA) is 49.9 Å². The van der Waals surface area contributed by atoms with E-state index in [-0.39, 0.29) is 30.3 Å². The van der Waals surface area contributed by atoms with Crippen LogP contribution in [0.4, 0.5) is 0 Å². The molecule has 3 rings (SSSR count). The number of carbonyl (C=O) groups excluding carboxylic acids is 2. The van der Waals surface area contributed by atoms with Gasteiger partial charge in [0.2, 0.25) is 11.8 Å². The quantitative estimate of drug-likeness (QED) is 0.367. The zero-order valence-electron chi connectivity index (χ0n) is 19.2. The molecule has 0 N–H and O–H groups in total. The summed E-state index contributed by atoms with van der Waals surface area (Å²) in [6, 6.07) is 12.1. The van der Waals surface area contributed by atoms with E-state index in [0.29, 0.717) is 32.7 Å². The number of rotatable bonds is 10. The van der Waals surface area contributed by atoms with Crippen LogP contribution in [0, 0.1) is 5.41 Å². The number of hydrogen-bond donors (Lipinski definition) is 0. The summed E-state index contributed by atoms with van der Waals surface area (Å²) in [4.78, 5) is 31.7. The molecule has 7 heteroatoms. The average Bonchev–Trinajstić information content (AvgIpc) is 3.29. The first-order valence-corrected chi connectivity index (χ1v) is 12.6. The molecule has 2 amide bonds. The molecule has 1 aromatic heterocycles. The third kappa shape index (κ3) is 5.72. The van der Waals surface area contributed by atoms with Gasteiger partial charge in [-0.3, -0.25) is 9.59 Å². The molecule has 1 unspecified atom stereocenters. The third-order valence-electron chi connectivity index (χ3n) is 5.85. The number of benzene rings is 1. The van der Waals surface area contributed by atoms with E-state index in [0.717, 1.165) is 12.0 Å². The van der Waals surface area contributed by atoms with E-state index in [2.05, 4.69) is 23.6 Å². The van der Waals surface area contributed by atoms with Crippen molar-refractivity contribution in [2.75, 3.05) is 38.7 Å². The summed E-state index contributed by atoms with van der Waals surface area (Å²) in [5.74, 6) is 0.0732. The highest BCUT2D eigenvalue weighted by Gasteiger charge is 2.36. The van der Waals surface area contributed by atoms with Crippen LogP contribution in [-0.4, -0.2) is 60.3 Å². The first kappa shape index (κ1) is 24.7. The molecule has 32 heavy (non-hydrogen) atoms. The van der Waals surface area contributed by atoms with Crippen LogP contribution in [0.2, 0.25) is 0 Å². The van der Waals surface area contributed by atoms with Crippen molar-refractivity contribution in [2.45, 2.75) is 39.7 Å². The lowest BCUT2D eigenvalue weighted by atomic mass is 9.92. The Labute approximate surface area is 200 Å². The van der Waals surface area contributed by atoms with Crippen LogP contribution in [0.5, 0.6) is 0 Å². The fourth-order valence-corrected chi connectivity index (χ4v) is 5.09. The maximum Gasteiger partial charge on any atom is 0.242 e. The van der Waals surface area contributed by atoms with Gasteiger partial charge in [-0.2, -0.15) is 0 Å². The number of thiophene rings is 1. The number of amides is 2. The lowest BCUT2D eigenvalue weighted by Gasteiger charge is -2.38. The summed E-state index contributed by atoms with van der Waals surface area (Å²) >= 11 is 7.83. The van der Waals surface area contributed by atoms with Gasteiger partial charge in [-0.1, -0.05) is 30.3 Å². The third-order valence-corrected chi connectivity index (χ3v) is 7.51. The molecule has 0 bridgehead atoms. The minimum absolute atomic E-state index is 0.0363. The van der Waals surface area contributed by atoms with Crippen LogP contribution in [0.1, 0.15) is 49.2 Å². The molecule has 0 aliphatic carbocycles. The van der Waals surface area contributed by atoms with Crippen molar-refractivity contribution in [3.63, 3.8) is 0 Å². The van der Waals surface area contributed by atoms with E-state index < -0.39 is 5.41 Å². The Morgan fingerprint density at radius 1 is 1.25 bits per heavy atom. The van der Waals surface area contributed by atoms with Crippen molar-refractivity contribution in [1.29, 1.82) is 0 Å². The molecule has 0 spiro atoms. The Bertz CT molecular complexity index is 900. The summed E-state index contributed by atoms with van der Waals surface area (Å²) in [6.07, 6.45) is 1.52. The minimum Gasteiger partial charge on any atom is -0.382 e. The predicted molar refractivity (Wildman–Crippen MR) is 130 cm³/mol. The highest BCUT2D eigenvalue weighted by Crippen LogP contribution is 2.37. The molecule has 0 saturated carbocycles. The monoisotopic (exact) mass is 476 g/mol. The van der Waals surface area contributed by atoms with Crippen LogP contribution < -0.4 is 0 Å². The van der Waals surface area contributed by atoms with Gasteiger partial charge in [0, 0.05) is 37.1 Å². The number of hydrogen-bond acceptors (Lipinski definition) is 4. The summed E-state index contributed by atoms with van der Waals surface area (Å²) < 4.78 is 5.44. The number of ether oxygens (including phenoxy) is 1. The summed E-state index contributed by atoms with van der Waals surface area (Å²) in [6.45, 7) is 7.96. The van der Waals surface area contributed by atoms with Crippen LogP contribution in [0.15, 0.2) is 41.8 Å². The summed E-state index contributed by atoms with van der Waals surface area (Å²) in [5.41, 5.74) is 1.56. The SMILES string of the molecule is CCOCCCN(CC(=O)N1CCc2sccc2C1c1ccccc1)C(=O)C(C)(C)CCl. The second-order valence-electron chi connectivity index (χ2n) is 8.74. The largest absolute Gasteiger partial charge is 0.382 e. The molecule has 1 aliphatic heterocycles. The molecule has 1 aliphatic rings. The normalized spacial score (nSPS) is 16.0. The summed E-state index contributed by atoms with van der Waals surface area (Å²) in [7, 11) is 0. The lowest BCUT2D eigenvalue weighted by Crippen LogP contribution is -2.50. The van der Waals surface area contributed by atoms with Crippen LogP contribution in [-0.2, 0) is 20.7 Å². The van der Waals surface area contributed by atoms with Crippen molar-refractivity contribution in [3.05, 3.63) is 57.8 Å². The standard InChI is InChI=1S/C25H33ClN2O3S/c1-4-31-15-8-13-27(24(30)25(2,3)18-26)17-22(29)28-14-11-21-20(12-16-32-21)23(28)19-9-6-5-7-10-19/h5-7,9-10,12,16,23H,4,8,11,13-15,17-18H2,1-3H3. The number of carbonyl (C=O) groups is 2. The smallest absolute Gasteiger partial charge is 0.242 e. The Morgan fingerprint density at radius 2 is 2.00 bits per heavy atom. The van der Waals surface area contributed by atoms with Crippen LogP contribution in [0.25, 0.3) is 0 Å². The highest BCUT2D eigenvalue weighted by molar-refractivity contribution is 7.10. The molecule has 0 saturated heterocycles. The van der Waals surface area contributed by atoms with Gasteiger partial charge in [0.25, 0.3) is 0 Å². The number of fused-ring (bicyclic) bond motifs is 1. The first-order chi connectivity index (χ1) is 15.4. The Hall–Kier alpha value is -1.89. The van der Waals surface area contributed by atoms with Gasteiger partial charge in [0.15, 0.2) is 0 Å². The average molecular weight is 477 g/mol. The van der Waals surface area contributed by atoms with E-state index in [1.807, 2.05) is 43.9 Å². The number of halogens is 1. The van der Waals surface area contributed by atoms with E-state index >= 15 is 0 Å². The highest BCUT2D eigenvalue weighted by atomic mass is 35.5. The maximum atomic E-state index is 13.6. The lowest BCUT2D eigenvalue weighted by molar-refractivity contribution is -0.146. The second kappa shape index (κ2) is 11.3. The molecular formula is C25H33ClN2O3S. The van der Waals surface area contributed by atoms with Gasteiger partial charge in [0.1, 0.15) is 0 Å². The predicted octanol–water partition coefficient (Wildman–Crippen LogP) is 4.74. The molecule has 0 fully saturated rings. The van der Waals surface area contributed by atoms with E-state index in [1.165, 1.54) is 10.4 Å². The maximum absolute atomic E-state index is 13.6. The van der Waals surface area contributed by atoms with Crippen molar-refractivity contribution < 1.29 is 14.3 Å². The number of alkyl halides is 1. The van der Waals surface area contributed by atoms with Gasteiger partial charge in [0.05, 0.1) is 18.0 Å². The molecule has 2 aromatic rings. The fourth-order valence-electron chi connectivity index (χ4n) is 4.07. The van der Waals surface area contributed by atoms with E-state index in [9.17, 15) is 9.59 Å².